The summed E-state index contributed by atoms with van der Waals surface area (Å²) in [7, 11) is 0. The van der Waals surface area contributed by atoms with Crippen LogP contribution in [-0.2, 0) is 4.79 Å². The second-order valence-electron chi connectivity index (χ2n) is 5.84. The Kier molecular flexibility index (Phi) is 8.55. The van der Waals surface area contributed by atoms with E-state index in [9.17, 15) is 19.7 Å². The van der Waals surface area contributed by atoms with Crippen LogP contribution in [-0.4, -0.2) is 64.5 Å². The number of nitrogens with one attached hydrogen (secondary N) is 1. The van der Waals surface area contributed by atoms with E-state index in [1.54, 1.807) is 0 Å². The van der Waals surface area contributed by atoms with Gasteiger partial charge < -0.3 is 25.7 Å². The summed E-state index contributed by atoms with van der Waals surface area (Å²) in [5.74, 6) is 0.590. The lowest BCUT2D eigenvalue weighted by Crippen LogP contribution is -2.54. The zero-order valence-electron chi connectivity index (χ0n) is 12.6. The Hall–Kier alpha value is -1.02. The summed E-state index contributed by atoms with van der Waals surface area (Å²) >= 11 is 0. The molecule has 0 heterocycles. The van der Waals surface area contributed by atoms with Crippen molar-refractivity contribution in [3.63, 3.8) is 0 Å². The van der Waals surface area contributed by atoms with Gasteiger partial charge in [-0.1, -0.05) is 25.3 Å². The largest absolute Gasteiger partial charge is 0.483 e. The minimum Gasteiger partial charge on any atom is -0.483 e. The molecule has 0 spiro atoms. The fraction of sp³-hybridized carbons (Fsp3) is 0.800. The third kappa shape index (κ3) is 5.31. The molecule has 6 nitrogen and oxygen atoms in total. The Morgan fingerprint density at radius 3 is 2.32 bits per heavy atom. The lowest BCUT2D eigenvalue weighted by molar-refractivity contribution is -0.122. The molecule has 0 unspecified atom stereocenters. The number of aliphatic hydroxyl groups is 3. The van der Waals surface area contributed by atoms with Gasteiger partial charge in [-0.05, 0) is 30.9 Å². The maximum Gasteiger partial charge on any atom is 0.290 e. The predicted octanol–water partition coefficient (Wildman–Crippen LogP) is 0.218. The standard InChI is InChI=1S/C14H24FNO3.CH2O2/c15-7-10-6-11(13(18)14(19)12(10)17)16-8-9-4-2-1-3-5-9;2-1-3/h6,9,11-14,16-19H,1-5,7-8H2;1H,(H,2,3)/t11-,12+,13+,14+;/m1./s1. The van der Waals surface area contributed by atoms with Crippen LogP contribution in [0.2, 0.25) is 0 Å². The SMILES string of the molecule is O=CO.O[C@@H]1[C@@H](O)[C@@H](O)C(CF)=C[C@H]1NCC1CCCCC1. The average Bonchev–Trinajstić information content (AvgIpc) is 2.54. The van der Waals surface area contributed by atoms with E-state index in [2.05, 4.69) is 5.32 Å². The summed E-state index contributed by atoms with van der Waals surface area (Å²) in [6, 6.07) is -0.480. The maximum absolute atomic E-state index is 12.7. The molecule has 0 aliphatic heterocycles. The van der Waals surface area contributed by atoms with Gasteiger partial charge in [-0.2, -0.15) is 0 Å². The topological polar surface area (TPSA) is 110 Å². The van der Waals surface area contributed by atoms with Gasteiger partial charge in [0.2, 0.25) is 0 Å². The zero-order valence-corrected chi connectivity index (χ0v) is 12.6. The van der Waals surface area contributed by atoms with Gasteiger partial charge in [0.25, 0.3) is 6.47 Å². The van der Waals surface area contributed by atoms with Crippen molar-refractivity contribution in [2.75, 3.05) is 13.2 Å². The highest BCUT2D eigenvalue weighted by molar-refractivity contribution is 5.32. The molecule has 1 fully saturated rings. The third-order valence-corrected chi connectivity index (χ3v) is 4.34. The maximum atomic E-state index is 12.7. The van der Waals surface area contributed by atoms with E-state index in [-0.39, 0.29) is 12.0 Å². The number of halogens is 1. The van der Waals surface area contributed by atoms with Crippen molar-refractivity contribution in [1.29, 1.82) is 0 Å². The van der Waals surface area contributed by atoms with Crippen molar-refractivity contribution in [2.45, 2.75) is 56.5 Å². The highest BCUT2D eigenvalue weighted by Crippen LogP contribution is 2.24. The first-order chi connectivity index (χ1) is 10.5. The zero-order chi connectivity index (χ0) is 16.5. The number of rotatable bonds is 4. The molecule has 0 bridgehead atoms. The molecule has 2 rings (SSSR count). The van der Waals surface area contributed by atoms with E-state index in [4.69, 9.17) is 9.90 Å². The lowest BCUT2D eigenvalue weighted by atomic mass is 9.86. The van der Waals surface area contributed by atoms with Gasteiger partial charge in [-0.25, -0.2) is 4.39 Å². The molecular weight excluding hydrogens is 293 g/mol. The molecule has 0 amide bonds. The van der Waals surface area contributed by atoms with Crippen molar-refractivity contribution in [2.24, 2.45) is 5.92 Å². The van der Waals surface area contributed by atoms with Gasteiger partial charge in [0.05, 0.1) is 6.04 Å². The summed E-state index contributed by atoms with van der Waals surface area (Å²) in [5.41, 5.74) is 0.152. The third-order valence-electron chi connectivity index (χ3n) is 4.34. The normalized spacial score (nSPS) is 32.6. The molecule has 7 heteroatoms. The quantitative estimate of drug-likeness (QED) is 0.374. The monoisotopic (exact) mass is 319 g/mol. The van der Waals surface area contributed by atoms with Gasteiger partial charge >= 0.3 is 0 Å². The second-order valence-corrected chi connectivity index (χ2v) is 5.84. The number of carboxylic acid groups (broad SMARTS) is 1. The van der Waals surface area contributed by atoms with E-state index >= 15 is 0 Å². The van der Waals surface area contributed by atoms with Gasteiger partial charge in [-0.3, -0.25) is 4.79 Å². The summed E-state index contributed by atoms with van der Waals surface area (Å²) in [4.78, 5) is 8.36. The molecule has 1 saturated carbocycles. The summed E-state index contributed by atoms with van der Waals surface area (Å²) in [6.07, 6.45) is 3.95. The molecule has 128 valence electrons. The van der Waals surface area contributed by atoms with Crippen LogP contribution in [0.4, 0.5) is 4.39 Å². The summed E-state index contributed by atoms with van der Waals surface area (Å²) in [6.45, 7) is -0.285. The van der Waals surface area contributed by atoms with Crippen LogP contribution >= 0.6 is 0 Å². The van der Waals surface area contributed by atoms with Gasteiger partial charge in [0.1, 0.15) is 25.0 Å². The first-order valence-corrected chi connectivity index (χ1v) is 7.67. The van der Waals surface area contributed by atoms with Crippen LogP contribution in [0, 0.1) is 5.92 Å². The van der Waals surface area contributed by atoms with Crippen LogP contribution in [0.1, 0.15) is 32.1 Å². The Balaban J connectivity index is 0.000000745. The fourth-order valence-corrected chi connectivity index (χ4v) is 3.04. The van der Waals surface area contributed by atoms with Crippen molar-refractivity contribution in [3.05, 3.63) is 11.6 Å². The summed E-state index contributed by atoms with van der Waals surface area (Å²) < 4.78 is 12.7. The second kappa shape index (κ2) is 9.89. The fourth-order valence-electron chi connectivity index (χ4n) is 3.04. The average molecular weight is 319 g/mol. The van der Waals surface area contributed by atoms with Crippen LogP contribution in [0.5, 0.6) is 0 Å². The van der Waals surface area contributed by atoms with Gasteiger partial charge in [0.15, 0.2) is 0 Å². The van der Waals surface area contributed by atoms with Crippen LogP contribution in [0.25, 0.3) is 0 Å². The Bertz CT molecular complexity index is 360. The first-order valence-electron chi connectivity index (χ1n) is 7.67. The lowest BCUT2D eigenvalue weighted by Gasteiger charge is -2.35. The molecule has 22 heavy (non-hydrogen) atoms. The van der Waals surface area contributed by atoms with Crippen molar-refractivity contribution >= 4 is 6.47 Å². The summed E-state index contributed by atoms with van der Waals surface area (Å²) in [5, 5.41) is 39.3. The molecule has 2 aliphatic rings. The van der Waals surface area contributed by atoms with E-state index in [1.165, 1.54) is 38.2 Å². The van der Waals surface area contributed by atoms with E-state index in [1.807, 2.05) is 0 Å². The van der Waals surface area contributed by atoms with Crippen molar-refractivity contribution < 1.29 is 29.6 Å². The van der Waals surface area contributed by atoms with Crippen molar-refractivity contribution in [3.8, 4) is 0 Å². The Morgan fingerprint density at radius 2 is 1.77 bits per heavy atom. The molecule has 0 radical (unpaired) electrons. The van der Waals surface area contributed by atoms with Gasteiger partial charge in [0, 0.05) is 0 Å². The number of hydrogen-bond donors (Lipinski definition) is 5. The molecule has 0 aromatic heterocycles. The minimum absolute atomic E-state index is 0.152. The molecule has 5 N–H and O–H groups in total. The number of hydrogen-bond acceptors (Lipinski definition) is 5. The number of alkyl halides is 1. The smallest absolute Gasteiger partial charge is 0.290 e. The van der Waals surface area contributed by atoms with E-state index < -0.39 is 31.0 Å². The first kappa shape index (κ1) is 19.0. The molecule has 2 aliphatic carbocycles. The van der Waals surface area contributed by atoms with Crippen LogP contribution in [0.15, 0.2) is 11.6 Å². The van der Waals surface area contributed by atoms with Crippen LogP contribution < -0.4 is 5.32 Å². The highest BCUT2D eigenvalue weighted by Gasteiger charge is 2.37. The predicted molar refractivity (Wildman–Crippen MR) is 79.1 cm³/mol. The van der Waals surface area contributed by atoms with Crippen LogP contribution in [0.3, 0.4) is 0 Å². The molecule has 4 atom stereocenters. The number of aliphatic hydroxyl groups excluding tert-OH is 3. The molecule has 0 aromatic rings. The Labute approximate surface area is 129 Å². The Morgan fingerprint density at radius 1 is 1.18 bits per heavy atom. The van der Waals surface area contributed by atoms with E-state index in [0.29, 0.717) is 5.92 Å². The van der Waals surface area contributed by atoms with E-state index in [0.717, 1.165) is 6.54 Å². The molecule has 0 saturated heterocycles. The van der Waals surface area contributed by atoms with Crippen molar-refractivity contribution in [1.82, 2.24) is 5.32 Å². The van der Waals surface area contributed by atoms with Gasteiger partial charge in [-0.15, -0.1) is 0 Å². The molecule has 0 aromatic carbocycles. The number of carbonyl (C=O) groups is 1. The minimum atomic E-state index is -1.32. The highest BCUT2D eigenvalue weighted by atomic mass is 19.1. The molecular formula is C15H26FNO5.